The van der Waals surface area contributed by atoms with E-state index in [9.17, 15) is 13.2 Å². The predicted octanol–water partition coefficient (Wildman–Crippen LogP) is 5.38. The van der Waals surface area contributed by atoms with Crippen LogP contribution in [0.4, 0.5) is 0 Å². The number of carbonyl (C=O) groups is 1. The fraction of sp³-hybridized carbons (Fsp3) is 0.182. The van der Waals surface area contributed by atoms with Crippen molar-refractivity contribution >= 4 is 50.2 Å². The highest BCUT2D eigenvalue weighted by Crippen LogP contribution is 2.32. The van der Waals surface area contributed by atoms with Crippen LogP contribution in [0.25, 0.3) is 0 Å². The normalized spacial score (nSPS) is 12.6. The number of pyridine rings is 1. The smallest absolute Gasteiger partial charge is 0.335 e. The summed E-state index contributed by atoms with van der Waals surface area (Å²) < 4.78 is 29.7. The van der Waals surface area contributed by atoms with Gasteiger partial charge in [0.1, 0.15) is 5.15 Å². The number of carboxylic acids is 1. The molecule has 1 heterocycles. The molecule has 162 valence electrons. The summed E-state index contributed by atoms with van der Waals surface area (Å²) >= 11 is 8.04. The number of rotatable bonds is 8. The summed E-state index contributed by atoms with van der Waals surface area (Å²) in [6, 6.07) is 15.8. The molecule has 1 atom stereocenters. The van der Waals surface area contributed by atoms with Gasteiger partial charge in [0.15, 0.2) is 0 Å². The largest absolute Gasteiger partial charge is 0.478 e. The molecule has 0 fully saturated rings. The third kappa shape index (κ3) is 5.62. The second-order valence-electron chi connectivity index (χ2n) is 6.84. The SMILES string of the molecule is CCC(c1ccc(Cl)nc1)N(Cc1ccc(C(=O)O)cc1)S(=O)(=O)c1ccc(I)cc1. The second-order valence-corrected chi connectivity index (χ2v) is 10.4. The molecular formula is C22H20ClIN2O4S. The van der Waals surface area contributed by atoms with E-state index in [2.05, 4.69) is 27.6 Å². The number of aromatic carboxylic acids is 1. The third-order valence-corrected chi connectivity index (χ3v) is 7.64. The van der Waals surface area contributed by atoms with Crippen molar-refractivity contribution < 1.29 is 18.3 Å². The second kappa shape index (κ2) is 10.1. The summed E-state index contributed by atoms with van der Waals surface area (Å²) in [5, 5.41) is 9.46. The van der Waals surface area contributed by atoms with Gasteiger partial charge in [0, 0.05) is 16.3 Å². The average Bonchev–Trinajstić information content (AvgIpc) is 2.75. The molecule has 1 N–H and O–H groups in total. The lowest BCUT2D eigenvalue weighted by atomic mass is 10.1. The summed E-state index contributed by atoms with van der Waals surface area (Å²) in [6.45, 7) is 1.98. The number of hydrogen-bond donors (Lipinski definition) is 1. The van der Waals surface area contributed by atoms with E-state index < -0.39 is 22.0 Å². The van der Waals surface area contributed by atoms with Gasteiger partial charge >= 0.3 is 5.97 Å². The van der Waals surface area contributed by atoms with E-state index in [0.29, 0.717) is 17.1 Å². The van der Waals surface area contributed by atoms with Crippen LogP contribution in [0.15, 0.2) is 71.8 Å². The molecule has 0 saturated heterocycles. The molecule has 0 aliphatic heterocycles. The fourth-order valence-electron chi connectivity index (χ4n) is 3.23. The van der Waals surface area contributed by atoms with E-state index in [1.165, 1.54) is 16.4 Å². The maximum Gasteiger partial charge on any atom is 0.335 e. The minimum atomic E-state index is -3.86. The van der Waals surface area contributed by atoms with E-state index in [-0.39, 0.29) is 17.0 Å². The van der Waals surface area contributed by atoms with Gasteiger partial charge in [-0.2, -0.15) is 4.31 Å². The fourth-order valence-corrected chi connectivity index (χ4v) is 5.37. The highest BCUT2D eigenvalue weighted by atomic mass is 127. The zero-order valence-electron chi connectivity index (χ0n) is 16.6. The Morgan fingerprint density at radius 3 is 2.26 bits per heavy atom. The van der Waals surface area contributed by atoms with Crippen LogP contribution >= 0.6 is 34.2 Å². The summed E-state index contributed by atoms with van der Waals surface area (Å²) in [5.41, 5.74) is 1.55. The summed E-state index contributed by atoms with van der Waals surface area (Å²) in [5.74, 6) is -1.03. The first-order valence-electron chi connectivity index (χ1n) is 9.43. The lowest BCUT2D eigenvalue weighted by Crippen LogP contribution is -2.34. The van der Waals surface area contributed by atoms with E-state index in [1.807, 2.05) is 6.92 Å². The van der Waals surface area contributed by atoms with Crippen molar-refractivity contribution in [3.05, 3.63) is 92.3 Å². The van der Waals surface area contributed by atoms with Gasteiger partial charge in [-0.25, -0.2) is 18.2 Å². The number of halogens is 2. The molecule has 3 aromatic rings. The summed E-state index contributed by atoms with van der Waals surface area (Å²) in [7, 11) is -3.86. The molecule has 31 heavy (non-hydrogen) atoms. The van der Waals surface area contributed by atoms with E-state index in [0.717, 1.165) is 9.13 Å². The molecule has 0 aliphatic rings. The average molecular weight is 571 g/mol. The molecule has 9 heteroatoms. The minimum Gasteiger partial charge on any atom is -0.478 e. The zero-order chi connectivity index (χ0) is 22.6. The minimum absolute atomic E-state index is 0.0787. The molecule has 0 aliphatic carbocycles. The van der Waals surface area contributed by atoms with Crippen LogP contribution in [0.5, 0.6) is 0 Å². The molecule has 0 spiro atoms. The van der Waals surface area contributed by atoms with Crippen molar-refractivity contribution in [1.82, 2.24) is 9.29 Å². The van der Waals surface area contributed by atoms with Crippen LogP contribution in [-0.4, -0.2) is 28.8 Å². The van der Waals surface area contributed by atoms with E-state index in [1.54, 1.807) is 54.7 Å². The van der Waals surface area contributed by atoms with Gasteiger partial charge in [-0.1, -0.05) is 36.7 Å². The van der Waals surface area contributed by atoms with Gasteiger partial charge < -0.3 is 5.11 Å². The Labute approximate surface area is 200 Å². The maximum absolute atomic E-state index is 13.6. The van der Waals surface area contributed by atoms with Gasteiger partial charge in [-0.15, -0.1) is 0 Å². The quantitative estimate of drug-likeness (QED) is 0.290. The Morgan fingerprint density at radius 2 is 1.74 bits per heavy atom. The molecule has 1 aromatic heterocycles. The van der Waals surface area contributed by atoms with Crippen LogP contribution in [0.3, 0.4) is 0 Å². The number of nitrogens with zero attached hydrogens (tertiary/aromatic N) is 2. The highest BCUT2D eigenvalue weighted by Gasteiger charge is 2.32. The van der Waals surface area contributed by atoms with E-state index >= 15 is 0 Å². The van der Waals surface area contributed by atoms with Gasteiger partial charge in [0.25, 0.3) is 0 Å². The standard InChI is InChI=1S/C22H20ClIN2O4S/c1-2-20(17-7-12-21(23)25-13-17)26(14-15-3-5-16(6-4-15)22(27)28)31(29,30)19-10-8-18(24)9-11-19/h3-13,20H,2,14H2,1H3,(H,27,28). The molecule has 0 amide bonds. The van der Waals surface area contributed by atoms with Gasteiger partial charge in [-0.3, -0.25) is 0 Å². The van der Waals surface area contributed by atoms with Gasteiger partial charge in [0.05, 0.1) is 16.5 Å². The van der Waals surface area contributed by atoms with Crippen LogP contribution in [0.1, 0.15) is 40.9 Å². The van der Waals surface area contributed by atoms with Gasteiger partial charge in [-0.05, 0) is 82.6 Å². The van der Waals surface area contributed by atoms with Crippen LogP contribution in [-0.2, 0) is 16.6 Å². The molecule has 2 aromatic carbocycles. The summed E-state index contributed by atoms with van der Waals surface area (Å²) in [6.07, 6.45) is 2.10. The van der Waals surface area contributed by atoms with Crippen molar-refractivity contribution in [3.8, 4) is 0 Å². The van der Waals surface area contributed by atoms with Crippen molar-refractivity contribution in [2.24, 2.45) is 0 Å². The molecule has 0 bridgehead atoms. The van der Waals surface area contributed by atoms with Crippen molar-refractivity contribution in [2.75, 3.05) is 0 Å². The number of aromatic nitrogens is 1. The Hall–Kier alpha value is -2.01. The summed E-state index contributed by atoms with van der Waals surface area (Å²) in [4.78, 5) is 15.5. The molecular weight excluding hydrogens is 551 g/mol. The number of hydrogen-bond acceptors (Lipinski definition) is 4. The molecule has 3 rings (SSSR count). The van der Waals surface area contributed by atoms with Crippen LogP contribution in [0, 0.1) is 3.57 Å². The third-order valence-electron chi connectivity index (χ3n) is 4.83. The lowest BCUT2D eigenvalue weighted by molar-refractivity contribution is 0.0697. The van der Waals surface area contributed by atoms with Crippen molar-refractivity contribution in [2.45, 2.75) is 30.8 Å². The number of sulfonamides is 1. The van der Waals surface area contributed by atoms with E-state index in [4.69, 9.17) is 16.7 Å². The van der Waals surface area contributed by atoms with Crippen molar-refractivity contribution in [1.29, 1.82) is 0 Å². The van der Waals surface area contributed by atoms with Crippen LogP contribution in [0.2, 0.25) is 5.15 Å². The Balaban J connectivity index is 2.06. The molecule has 0 radical (unpaired) electrons. The van der Waals surface area contributed by atoms with Crippen molar-refractivity contribution in [3.63, 3.8) is 0 Å². The first kappa shape index (κ1) is 23.6. The Kier molecular flexibility index (Phi) is 7.68. The topological polar surface area (TPSA) is 87.6 Å². The maximum atomic E-state index is 13.6. The molecule has 6 nitrogen and oxygen atoms in total. The Bertz CT molecular complexity index is 1150. The van der Waals surface area contributed by atoms with Crippen LogP contribution < -0.4 is 0 Å². The predicted molar refractivity (Wildman–Crippen MR) is 128 cm³/mol. The monoisotopic (exact) mass is 570 g/mol. The van der Waals surface area contributed by atoms with Gasteiger partial charge in [0.2, 0.25) is 10.0 Å². The lowest BCUT2D eigenvalue weighted by Gasteiger charge is -2.30. The Morgan fingerprint density at radius 1 is 1.10 bits per heavy atom. The highest BCUT2D eigenvalue weighted by molar-refractivity contribution is 14.1. The first-order chi connectivity index (χ1) is 14.7. The first-order valence-corrected chi connectivity index (χ1v) is 12.3. The number of benzene rings is 2. The number of carboxylic acid groups (broad SMARTS) is 1. The molecule has 0 saturated carbocycles. The zero-order valence-corrected chi connectivity index (χ0v) is 20.3. The molecule has 1 unspecified atom stereocenters.